The van der Waals surface area contributed by atoms with Gasteiger partial charge in [-0.3, -0.25) is 4.79 Å². The van der Waals surface area contributed by atoms with Crippen molar-refractivity contribution in [2.24, 2.45) is 0 Å². The van der Waals surface area contributed by atoms with E-state index in [2.05, 4.69) is 6.92 Å². The Labute approximate surface area is 136 Å². The van der Waals surface area contributed by atoms with Crippen molar-refractivity contribution >= 4 is 29.2 Å². The number of carbonyl (C=O) groups excluding carboxylic acids is 1. The van der Waals surface area contributed by atoms with Gasteiger partial charge in [0.15, 0.2) is 0 Å². The molecule has 0 saturated carbocycles. The lowest BCUT2D eigenvalue weighted by atomic mass is 10.1. The molecule has 21 heavy (non-hydrogen) atoms. The van der Waals surface area contributed by atoms with Crippen molar-refractivity contribution in [1.82, 2.24) is 0 Å². The average Bonchev–Trinajstić information content (AvgIpc) is 2.39. The summed E-state index contributed by atoms with van der Waals surface area (Å²) in [4.78, 5) is 11.1. The highest BCUT2D eigenvalue weighted by Gasteiger charge is 2.22. The monoisotopic (exact) mass is 332 g/mol. The highest BCUT2D eigenvalue weighted by molar-refractivity contribution is 6.35. The molecule has 0 spiro atoms. The summed E-state index contributed by atoms with van der Waals surface area (Å²) in [6, 6.07) is 5.10. The molecule has 0 aliphatic rings. The van der Waals surface area contributed by atoms with Gasteiger partial charge in [0.1, 0.15) is 18.0 Å². The zero-order valence-corrected chi connectivity index (χ0v) is 14.2. The first-order valence-electron chi connectivity index (χ1n) is 7.23. The Morgan fingerprint density at radius 3 is 2.57 bits per heavy atom. The van der Waals surface area contributed by atoms with Gasteiger partial charge in [0.25, 0.3) is 0 Å². The first kappa shape index (κ1) is 18.1. The first-order chi connectivity index (χ1) is 9.93. The largest absolute Gasteiger partial charge is 0.485 e. The van der Waals surface area contributed by atoms with Crippen molar-refractivity contribution < 1.29 is 14.3 Å². The molecule has 0 heterocycles. The maximum absolute atomic E-state index is 11.1. The van der Waals surface area contributed by atoms with E-state index in [1.807, 2.05) is 6.92 Å². The number of unbranched alkanes of at least 4 members (excludes halogenated alkanes) is 2. The van der Waals surface area contributed by atoms with Gasteiger partial charge in [-0.1, -0.05) is 43.0 Å². The maximum Gasteiger partial charge on any atom is 0.303 e. The molecular formula is C16H22Cl2O3. The Bertz CT molecular complexity index is 463. The lowest BCUT2D eigenvalue weighted by Gasteiger charge is -2.25. The fourth-order valence-corrected chi connectivity index (χ4v) is 2.51. The van der Waals surface area contributed by atoms with Crippen LogP contribution < -0.4 is 4.74 Å². The average molecular weight is 333 g/mol. The van der Waals surface area contributed by atoms with E-state index in [0.717, 1.165) is 25.7 Å². The Balaban J connectivity index is 2.77. The van der Waals surface area contributed by atoms with Gasteiger partial charge in [0.05, 0.1) is 5.02 Å². The SMILES string of the molecule is CCCCCC(Oc1ccc(Cl)cc1Cl)C(C)OC(C)=O. The molecule has 118 valence electrons. The number of halogens is 2. The normalized spacial score (nSPS) is 13.6. The molecule has 5 heteroatoms. The van der Waals surface area contributed by atoms with E-state index in [0.29, 0.717) is 15.8 Å². The van der Waals surface area contributed by atoms with Crippen LogP contribution in [-0.2, 0) is 9.53 Å². The van der Waals surface area contributed by atoms with Crippen LogP contribution in [0.5, 0.6) is 5.75 Å². The molecule has 2 atom stereocenters. The molecule has 0 aliphatic heterocycles. The van der Waals surface area contributed by atoms with Crippen LogP contribution in [-0.4, -0.2) is 18.2 Å². The second kappa shape index (κ2) is 9.16. The zero-order chi connectivity index (χ0) is 15.8. The summed E-state index contributed by atoms with van der Waals surface area (Å²) in [5, 5.41) is 1.01. The molecule has 0 N–H and O–H groups in total. The van der Waals surface area contributed by atoms with E-state index in [-0.39, 0.29) is 18.2 Å². The van der Waals surface area contributed by atoms with Crippen LogP contribution >= 0.6 is 23.2 Å². The van der Waals surface area contributed by atoms with Crippen LogP contribution in [0, 0.1) is 0 Å². The predicted octanol–water partition coefficient (Wildman–Crippen LogP) is 5.27. The molecular weight excluding hydrogens is 311 g/mol. The molecule has 0 bridgehead atoms. The van der Waals surface area contributed by atoms with Crippen molar-refractivity contribution in [2.45, 2.75) is 58.7 Å². The van der Waals surface area contributed by atoms with E-state index in [1.165, 1.54) is 6.92 Å². The van der Waals surface area contributed by atoms with E-state index in [1.54, 1.807) is 18.2 Å². The Morgan fingerprint density at radius 1 is 1.29 bits per heavy atom. The molecule has 0 radical (unpaired) electrons. The van der Waals surface area contributed by atoms with Crippen molar-refractivity contribution in [3.05, 3.63) is 28.2 Å². The summed E-state index contributed by atoms with van der Waals surface area (Å²) in [5.41, 5.74) is 0. The summed E-state index contributed by atoms with van der Waals surface area (Å²) < 4.78 is 11.2. The van der Waals surface area contributed by atoms with E-state index >= 15 is 0 Å². The fourth-order valence-electron chi connectivity index (χ4n) is 2.06. The van der Waals surface area contributed by atoms with Gasteiger partial charge in [-0.05, 0) is 38.0 Å². The van der Waals surface area contributed by atoms with E-state index < -0.39 is 0 Å². The van der Waals surface area contributed by atoms with E-state index in [4.69, 9.17) is 32.7 Å². The fraction of sp³-hybridized carbons (Fsp3) is 0.562. The Morgan fingerprint density at radius 2 is 2.00 bits per heavy atom. The standard InChI is InChI=1S/C16H22Cl2O3/c1-4-5-6-7-15(11(2)20-12(3)19)21-16-9-8-13(17)10-14(16)18/h8-11,15H,4-7H2,1-3H3. The minimum atomic E-state index is -0.328. The van der Waals surface area contributed by atoms with Gasteiger partial charge >= 0.3 is 5.97 Å². The van der Waals surface area contributed by atoms with Crippen LogP contribution in [0.2, 0.25) is 10.0 Å². The van der Waals surface area contributed by atoms with Crippen LogP contribution in [0.4, 0.5) is 0 Å². The predicted molar refractivity (Wildman–Crippen MR) is 86.2 cm³/mol. The molecule has 3 nitrogen and oxygen atoms in total. The van der Waals surface area contributed by atoms with Gasteiger partial charge in [-0.25, -0.2) is 0 Å². The number of rotatable bonds is 8. The molecule has 1 aromatic rings. The molecule has 1 rings (SSSR count). The van der Waals surface area contributed by atoms with Gasteiger partial charge in [0, 0.05) is 11.9 Å². The number of hydrogen-bond acceptors (Lipinski definition) is 3. The maximum atomic E-state index is 11.1. The number of carbonyl (C=O) groups is 1. The third kappa shape index (κ3) is 6.58. The number of benzene rings is 1. The van der Waals surface area contributed by atoms with Crippen LogP contribution in [0.15, 0.2) is 18.2 Å². The first-order valence-corrected chi connectivity index (χ1v) is 7.98. The smallest absolute Gasteiger partial charge is 0.303 e. The highest BCUT2D eigenvalue weighted by Crippen LogP contribution is 2.30. The number of ether oxygens (including phenoxy) is 2. The zero-order valence-electron chi connectivity index (χ0n) is 12.7. The summed E-state index contributed by atoms with van der Waals surface area (Å²) >= 11 is 12.0. The van der Waals surface area contributed by atoms with Crippen LogP contribution in [0.3, 0.4) is 0 Å². The summed E-state index contributed by atoms with van der Waals surface area (Å²) in [6.07, 6.45) is 3.50. The molecule has 0 saturated heterocycles. The summed E-state index contributed by atoms with van der Waals surface area (Å²) in [7, 11) is 0. The van der Waals surface area contributed by atoms with Gasteiger partial charge in [-0.2, -0.15) is 0 Å². The van der Waals surface area contributed by atoms with Crippen molar-refractivity contribution in [3.8, 4) is 5.75 Å². The van der Waals surface area contributed by atoms with Crippen molar-refractivity contribution in [1.29, 1.82) is 0 Å². The van der Waals surface area contributed by atoms with E-state index in [9.17, 15) is 4.79 Å². The Kier molecular flexibility index (Phi) is 7.91. The third-order valence-corrected chi connectivity index (χ3v) is 3.67. The molecule has 0 aromatic heterocycles. The second-order valence-corrected chi connectivity index (χ2v) is 5.89. The van der Waals surface area contributed by atoms with Crippen molar-refractivity contribution in [2.75, 3.05) is 0 Å². The number of hydrogen-bond donors (Lipinski definition) is 0. The van der Waals surface area contributed by atoms with Crippen LogP contribution in [0.25, 0.3) is 0 Å². The highest BCUT2D eigenvalue weighted by atomic mass is 35.5. The van der Waals surface area contributed by atoms with Crippen molar-refractivity contribution in [3.63, 3.8) is 0 Å². The minimum Gasteiger partial charge on any atom is -0.485 e. The molecule has 0 aliphatic carbocycles. The number of esters is 1. The summed E-state index contributed by atoms with van der Waals surface area (Å²) in [5.74, 6) is 0.246. The summed E-state index contributed by atoms with van der Waals surface area (Å²) in [6.45, 7) is 5.37. The van der Waals surface area contributed by atoms with Gasteiger partial charge < -0.3 is 9.47 Å². The quantitative estimate of drug-likeness (QED) is 0.480. The van der Waals surface area contributed by atoms with Gasteiger partial charge in [-0.15, -0.1) is 0 Å². The topological polar surface area (TPSA) is 35.5 Å². The molecule has 2 unspecified atom stereocenters. The van der Waals surface area contributed by atoms with Gasteiger partial charge in [0.2, 0.25) is 0 Å². The molecule has 0 amide bonds. The second-order valence-electron chi connectivity index (χ2n) is 5.04. The lowest BCUT2D eigenvalue weighted by molar-refractivity contribution is -0.150. The lowest BCUT2D eigenvalue weighted by Crippen LogP contribution is -2.33. The Hall–Kier alpha value is -0.930. The molecule has 1 aromatic carbocycles. The van der Waals surface area contributed by atoms with Crippen LogP contribution in [0.1, 0.15) is 46.5 Å². The molecule has 0 fully saturated rings. The minimum absolute atomic E-state index is 0.223. The third-order valence-electron chi connectivity index (χ3n) is 3.14.